The highest BCUT2D eigenvalue weighted by Gasteiger charge is 2.13. The van der Waals surface area contributed by atoms with Gasteiger partial charge in [-0.1, -0.05) is 30.3 Å². The molecule has 0 radical (unpaired) electrons. The second-order valence-electron chi connectivity index (χ2n) is 5.42. The minimum Gasteiger partial charge on any atom is -0.374 e. The molecule has 3 aromatic rings. The fourth-order valence-corrected chi connectivity index (χ4v) is 2.38. The second kappa shape index (κ2) is 6.48. The van der Waals surface area contributed by atoms with Crippen molar-refractivity contribution in [3.8, 4) is 0 Å². The zero-order valence-electron chi connectivity index (χ0n) is 12.7. The molecule has 0 saturated carbocycles. The molecule has 0 aliphatic heterocycles. The number of hydrogen-bond acceptors (Lipinski definition) is 2. The number of rotatable bonds is 4. The van der Waals surface area contributed by atoms with Crippen molar-refractivity contribution in [1.29, 1.82) is 0 Å². The number of nitrogens with one attached hydrogen (secondary N) is 2. The minimum absolute atomic E-state index is 0.176. The summed E-state index contributed by atoms with van der Waals surface area (Å²) in [6, 6.07) is 19.3. The summed E-state index contributed by atoms with van der Waals surface area (Å²) in [4.78, 5) is 12.2. The normalized spacial score (nSPS) is 11.9. The van der Waals surface area contributed by atoms with E-state index in [9.17, 15) is 9.18 Å². The Morgan fingerprint density at radius 3 is 2.30 bits per heavy atom. The standard InChI is InChI=1S/C19H17FN2O/c1-13(19(23)22-17-10-7-16(20)8-11-17)21-18-9-6-14-4-2-3-5-15(14)12-18/h2-13,21H,1H3,(H,22,23)/t13-/m1/s1. The highest BCUT2D eigenvalue weighted by atomic mass is 19.1. The summed E-state index contributed by atoms with van der Waals surface area (Å²) in [5.74, 6) is -0.505. The lowest BCUT2D eigenvalue weighted by Crippen LogP contribution is -2.31. The van der Waals surface area contributed by atoms with Crippen LogP contribution in [0.15, 0.2) is 66.7 Å². The van der Waals surface area contributed by atoms with Gasteiger partial charge in [0.15, 0.2) is 0 Å². The lowest BCUT2D eigenvalue weighted by molar-refractivity contribution is -0.116. The van der Waals surface area contributed by atoms with Crippen LogP contribution in [0.4, 0.5) is 15.8 Å². The van der Waals surface area contributed by atoms with Gasteiger partial charge in [-0.2, -0.15) is 0 Å². The first-order chi connectivity index (χ1) is 11.1. The van der Waals surface area contributed by atoms with Gasteiger partial charge in [0.2, 0.25) is 5.91 Å². The van der Waals surface area contributed by atoms with Gasteiger partial charge >= 0.3 is 0 Å². The number of benzene rings is 3. The average Bonchev–Trinajstić information content (AvgIpc) is 2.56. The van der Waals surface area contributed by atoms with Crippen molar-refractivity contribution in [2.24, 2.45) is 0 Å². The van der Waals surface area contributed by atoms with Gasteiger partial charge in [-0.05, 0) is 54.1 Å². The molecule has 1 amide bonds. The van der Waals surface area contributed by atoms with Crippen LogP contribution in [-0.2, 0) is 4.79 Å². The predicted molar refractivity (Wildman–Crippen MR) is 92.1 cm³/mol. The summed E-state index contributed by atoms with van der Waals surface area (Å²) >= 11 is 0. The van der Waals surface area contributed by atoms with E-state index in [4.69, 9.17) is 0 Å². The van der Waals surface area contributed by atoms with Gasteiger partial charge in [0, 0.05) is 11.4 Å². The van der Waals surface area contributed by atoms with Crippen LogP contribution < -0.4 is 10.6 Å². The fraction of sp³-hybridized carbons (Fsp3) is 0.105. The molecule has 0 unspecified atom stereocenters. The van der Waals surface area contributed by atoms with Crippen LogP contribution >= 0.6 is 0 Å². The third-order valence-corrected chi connectivity index (χ3v) is 3.64. The summed E-state index contributed by atoms with van der Waals surface area (Å²) in [5.41, 5.74) is 1.45. The van der Waals surface area contributed by atoms with Crippen LogP contribution in [0.5, 0.6) is 0 Å². The van der Waals surface area contributed by atoms with Gasteiger partial charge in [-0.25, -0.2) is 4.39 Å². The Kier molecular flexibility index (Phi) is 4.24. The predicted octanol–water partition coefficient (Wildman–Crippen LogP) is 4.42. The summed E-state index contributed by atoms with van der Waals surface area (Å²) in [6.07, 6.45) is 0. The topological polar surface area (TPSA) is 41.1 Å². The van der Waals surface area contributed by atoms with Crippen molar-refractivity contribution in [3.05, 3.63) is 72.5 Å². The van der Waals surface area contributed by atoms with Crippen LogP contribution in [0, 0.1) is 5.82 Å². The molecule has 0 aliphatic rings. The summed E-state index contributed by atoms with van der Waals surface area (Å²) < 4.78 is 12.9. The van der Waals surface area contributed by atoms with E-state index < -0.39 is 6.04 Å². The fourth-order valence-electron chi connectivity index (χ4n) is 2.38. The Balaban J connectivity index is 1.68. The molecule has 3 aromatic carbocycles. The first-order valence-corrected chi connectivity index (χ1v) is 7.43. The molecule has 3 rings (SSSR count). The molecular weight excluding hydrogens is 291 g/mol. The summed E-state index contributed by atoms with van der Waals surface area (Å²) in [7, 11) is 0. The second-order valence-corrected chi connectivity index (χ2v) is 5.42. The highest BCUT2D eigenvalue weighted by molar-refractivity contribution is 5.96. The average molecular weight is 308 g/mol. The number of carbonyl (C=O) groups is 1. The van der Waals surface area contributed by atoms with Crippen molar-refractivity contribution in [2.75, 3.05) is 10.6 Å². The van der Waals surface area contributed by atoms with Crippen LogP contribution in [0.25, 0.3) is 10.8 Å². The van der Waals surface area contributed by atoms with Crippen molar-refractivity contribution in [1.82, 2.24) is 0 Å². The van der Waals surface area contributed by atoms with Gasteiger partial charge in [0.05, 0.1) is 0 Å². The molecule has 116 valence electrons. The van der Waals surface area contributed by atoms with Crippen LogP contribution in [0.2, 0.25) is 0 Å². The van der Waals surface area contributed by atoms with Crippen LogP contribution in [0.1, 0.15) is 6.92 Å². The molecule has 0 bridgehead atoms. The Morgan fingerprint density at radius 1 is 0.913 bits per heavy atom. The SMILES string of the molecule is C[C@@H](Nc1ccc2ccccc2c1)C(=O)Nc1ccc(F)cc1. The number of carbonyl (C=O) groups excluding carboxylic acids is 1. The van der Waals surface area contributed by atoms with E-state index in [1.807, 2.05) is 42.5 Å². The largest absolute Gasteiger partial charge is 0.374 e. The lowest BCUT2D eigenvalue weighted by atomic mass is 10.1. The molecule has 4 heteroatoms. The number of amides is 1. The number of fused-ring (bicyclic) bond motifs is 1. The van der Waals surface area contributed by atoms with Gasteiger partial charge in [0.1, 0.15) is 11.9 Å². The van der Waals surface area contributed by atoms with E-state index in [0.29, 0.717) is 5.69 Å². The Bertz CT molecular complexity index is 830. The molecule has 1 atom stereocenters. The van der Waals surface area contributed by atoms with Crippen molar-refractivity contribution in [3.63, 3.8) is 0 Å². The Hall–Kier alpha value is -2.88. The molecule has 0 spiro atoms. The molecule has 0 aromatic heterocycles. The van der Waals surface area contributed by atoms with Gasteiger partial charge in [0.25, 0.3) is 0 Å². The Morgan fingerprint density at radius 2 is 1.57 bits per heavy atom. The van der Waals surface area contributed by atoms with Crippen LogP contribution in [0.3, 0.4) is 0 Å². The Labute approximate surface area is 134 Å². The summed E-state index contributed by atoms with van der Waals surface area (Å²) in [5, 5.41) is 8.21. The third-order valence-electron chi connectivity index (χ3n) is 3.64. The zero-order chi connectivity index (χ0) is 16.2. The zero-order valence-corrected chi connectivity index (χ0v) is 12.7. The number of halogens is 1. The number of hydrogen-bond donors (Lipinski definition) is 2. The molecule has 0 fully saturated rings. The van der Waals surface area contributed by atoms with E-state index >= 15 is 0 Å². The molecule has 0 heterocycles. The first kappa shape index (κ1) is 15.0. The van der Waals surface area contributed by atoms with Crippen LogP contribution in [-0.4, -0.2) is 11.9 Å². The van der Waals surface area contributed by atoms with E-state index in [1.54, 1.807) is 6.92 Å². The molecule has 3 nitrogen and oxygen atoms in total. The minimum atomic E-state index is -0.416. The summed E-state index contributed by atoms with van der Waals surface area (Å²) in [6.45, 7) is 1.79. The smallest absolute Gasteiger partial charge is 0.246 e. The van der Waals surface area contributed by atoms with Gasteiger partial charge in [-0.3, -0.25) is 4.79 Å². The van der Waals surface area contributed by atoms with Crippen molar-refractivity contribution >= 4 is 28.1 Å². The first-order valence-electron chi connectivity index (χ1n) is 7.43. The maximum absolute atomic E-state index is 12.9. The lowest BCUT2D eigenvalue weighted by Gasteiger charge is -2.16. The number of anilines is 2. The molecule has 0 aliphatic carbocycles. The van der Waals surface area contributed by atoms with Crippen molar-refractivity contribution < 1.29 is 9.18 Å². The van der Waals surface area contributed by atoms with E-state index in [-0.39, 0.29) is 11.7 Å². The monoisotopic (exact) mass is 308 g/mol. The van der Waals surface area contributed by atoms with E-state index in [1.165, 1.54) is 24.3 Å². The maximum atomic E-state index is 12.9. The molecular formula is C19H17FN2O. The maximum Gasteiger partial charge on any atom is 0.246 e. The van der Waals surface area contributed by atoms with E-state index in [0.717, 1.165) is 16.5 Å². The molecule has 2 N–H and O–H groups in total. The van der Waals surface area contributed by atoms with Gasteiger partial charge < -0.3 is 10.6 Å². The quantitative estimate of drug-likeness (QED) is 0.749. The van der Waals surface area contributed by atoms with E-state index in [2.05, 4.69) is 10.6 Å². The van der Waals surface area contributed by atoms with Gasteiger partial charge in [-0.15, -0.1) is 0 Å². The molecule has 0 saturated heterocycles. The highest BCUT2D eigenvalue weighted by Crippen LogP contribution is 2.19. The molecule has 23 heavy (non-hydrogen) atoms. The van der Waals surface area contributed by atoms with Crippen molar-refractivity contribution in [2.45, 2.75) is 13.0 Å². The third kappa shape index (κ3) is 3.66.